The maximum atomic E-state index is 13.0. The molecule has 2 rings (SSSR count). The Labute approximate surface area is 198 Å². The second-order valence-electron chi connectivity index (χ2n) is 8.02. The van der Waals surface area contributed by atoms with E-state index < -0.39 is 0 Å². The van der Waals surface area contributed by atoms with Crippen LogP contribution in [-0.4, -0.2) is 31.4 Å². The van der Waals surface area contributed by atoms with E-state index in [1.54, 1.807) is 18.2 Å². The van der Waals surface area contributed by atoms with Crippen LogP contribution in [0.3, 0.4) is 0 Å². The Bertz CT molecular complexity index is 863. The molecule has 0 saturated heterocycles. The topological polar surface area (TPSA) is 64.6 Å². The molecule has 0 bridgehead atoms. The molecule has 178 valence electrons. The van der Waals surface area contributed by atoms with Crippen LogP contribution in [0.5, 0.6) is 11.5 Å². The zero-order valence-electron chi connectivity index (χ0n) is 19.8. The van der Waals surface area contributed by atoms with Crippen molar-refractivity contribution in [1.82, 2.24) is 5.32 Å². The van der Waals surface area contributed by atoms with E-state index in [1.807, 2.05) is 30.3 Å². The lowest BCUT2D eigenvalue weighted by molar-refractivity contribution is -0.116. The van der Waals surface area contributed by atoms with Gasteiger partial charge in [0.15, 0.2) is 5.78 Å². The molecule has 0 heterocycles. The maximum Gasteiger partial charge on any atom is 0.243 e. The third-order valence-corrected chi connectivity index (χ3v) is 5.31. The van der Waals surface area contributed by atoms with E-state index in [0.717, 1.165) is 25.7 Å². The Morgan fingerprint density at radius 3 is 2.33 bits per heavy atom. The number of ether oxygens (including phenoxy) is 2. The molecule has 1 N–H and O–H groups in total. The highest BCUT2D eigenvalue weighted by Gasteiger charge is 2.16. The largest absolute Gasteiger partial charge is 0.493 e. The Morgan fingerprint density at radius 2 is 1.58 bits per heavy atom. The van der Waals surface area contributed by atoms with Gasteiger partial charge in [0, 0.05) is 18.2 Å². The quantitative estimate of drug-likeness (QED) is 0.179. The van der Waals surface area contributed by atoms with Crippen molar-refractivity contribution >= 4 is 11.7 Å². The summed E-state index contributed by atoms with van der Waals surface area (Å²) in [6.07, 6.45) is 10.0. The first kappa shape index (κ1) is 26.2. The minimum atomic E-state index is -0.179. The van der Waals surface area contributed by atoms with Crippen LogP contribution in [0.2, 0.25) is 0 Å². The standard InChI is InChI=1S/C28H37NO4/c1-3-5-6-7-8-13-20-32-24-17-18-25(28(31)23-15-10-9-11-16-23)26(22-24)33-21-14-12-19-29-27(30)4-2/h4,9-11,15-18,22H,2-3,5-8,12-14,19-21H2,1H3,(H,29,30). The van der Waals surface area contributed by atoms with E-state index in [4.69, 9.17) is 9.47 Å². The lowest BCUT2D eigenvalue weighted by Gasteiger charge is -2.14. The summed E-state index contributed by atoms with van der Waals surface area (Å²) >= 11 is 0. The number of carbonyl (C=O) groups excluding carboxylic acids is 2. The summed E-state index contributed by atoms with van der Waals surface area (Å²) in [6, 6.07) is 14.6. The summed E-state index contributed by atoms with van der Waals surface area (Å²) in [5.74, 6) is 0.981. The number of amides is 1. The third kappa shape index (κ3) is 9.94. The Morgan fingerprint density at radius 1 is 0.879 bits per heavy atom. The Hall–Kier alpha value is -3.08. The fraction of sp³-hybridized carbons (Fsp3) is 0.429. The number of benzene rings is 2. The van der Waals surface area contributed by atoms with Crippen LogP contribution in [0.4, 0.5) is 0 Å². The molecule has 33 heavy (non-hydrogen) atoms. The van der Waals surface area contributed by atoms with Crippen LogP contribution in [-0.2, 0) is 4.79 Å². The first-order chi connectivity index (χ1) is 16.2. The third-order valence-electron chi connectivity index (χ3n) is 5.31. The van der Waals surface area contributed by atoms with E-state index in [0.29, 0.717) is 42.4 Å². The van der Waals surface area contributed by atoms with E-state index in [2.05, 4.69) is 18.8 Å². The van der Waals surface area contributed by atoms with Gasteiger partial charge in [-0.15, -0.1) is 0 Å². The molecule has 0 aliphatic heterocycles. The van der Waals surface area contributed by atoms with Crippen molar-refractivity contribution < 1.29 is 19.1 Å². The van der Waals surface area contributed by atoms with Gasteiger partial charge in [-0.2, -0.15) is 0 Å². The van der Waals surface area contributed by atoms with Crippen LogP contribution in [0.25, 0.3) is 0 Å². The normalized spacial score (nSPS) is 10.5. The van der Waals surface area contributed by atoms with Gasteiger partial charge in [0.1, 0.15) is 11.5 Å². The zero-order chi connectivity index (χ0) is 23.7. The molecule has 0 unspecified atom stereocenters. The number of rotatable bonds is 17. The van der Waals surface area contributed by atoms with Gasteiger partial charge in [-0.3, -0.25) is 9.59 Å². The monoisotopic (exact) mass is 451 g/mol. The van der Waals surface area contributed by atoms with Crippen molar-refractivity contribution in [1.29, 1.82) is 0 Å². The minimum absolute atomic E-state index is 0.0775. The van der Waals surface area contributed by atoms with Crippen molar-refractivity contribution in [3.05, 3.63) is 72.3 Å². The Kier molecular flexibility index (Phi) is 12.4. The number of carbonyl (C=O) groups is 2. The highest BCUT2D eigenvalue weighted by molar-refractivity contribution is 6.10. The predicted molar refractivity (Wildman–Crippen MR) is 133 cm³/mol. The molecule has 5 nitrogen and oxygen atoms in total. The van der Waals surface area contributed by atoms with E-state index in [-0.39, 0.29) is 11.7 Å². The van der Waals surface area contributed by atoms with Gasteiger partial charge in [-0.05, 0) is 37.5 Å². The van der Waals surface area contributed by atoms with Crippen LogP contribution in [0, 0.1) is 0 Å². The van der Waals surface area contributed by atoms with Crippen LogP contribution < -0.4 is 14.8 Å². The number of unbranched alkanes of at least 4 members (excludes halogenated alkanes) is 6. The van der Waals surface area contributed by atoms with Crippen molar-refractivity contribution in [2.75, 3.05) is 19.8 Å². The number of nitrogens with one attached hydrogen (secondary N) is 1. The fourth-order valence-corrected chi connectivity index (χ4v) is 3.41. The molecule has 0 saturated carbocycles. The maximum absolute atomic E-state index is 13.0. The predicted octanol–water partition coefficient (Wildman–Crippen LogP) is 6.12. The van der Waals surface area contributed by atoms with Crippen LogP contribution >= 0.6 is 0 Å². The summed E-state index contributed by atoms with van der Waals surface area (Å²) < 4.78 is 11.9. The molecular formula is C28H37NO4. The van der Waals surface area contributed by atoms with Crippen LogP contribution in [0.15, 0.2) is 61.2 Å². The highest BCUT2D eigenvalue weighted by Crippen LogP contribution is 2.28. The average Bonchev–Trinajstić information content (AvgIpc) is 2.85. The second-order valence-corrected chi connectivity index (χ2v) is 8.02. The molecule has 5 heteroatoms. The molecule has 0 spiro atoms. The summed E-state index contributed by atoms with van der Waals surface area (Å²) in [4.78, 5) is 24.2. The van der Waals surface area contributed by atoms with Gasteiger partial charge in [0.25, 0.3) is 0 Å². The van der Waals surface area contributed by atoms with Crippen molar-refractivity contribution in [3.8, 4) is 11.5 Å². The van der Waals surface area contributed by atoms with Crippen molar-refractivity contribution in [3.63, 3.8) is 0 Å². The molecule has 0 fully saturated rings. The van der Waals surface area contributed by atoms with E-state index in [1.165, 1.54) is 31.8 Å². The molecule has 0 aliphatic rings. The smallest absolute Gasteiger partial charge is 0.243 e. The molecule has 0 radical (unpaired) electrons. The van der Waals surface area contributed by atoms with Gasteiger partial charge in [-0.25, -0.2) is 0 Å². The van der Waals surface area contributed by atoms with Crippen molar-refractivity contribution in [2.45, 2.75) is 58.3 Å². The number of ketones is 1. The summed E-state index contributed by atoms with van der Waals surface area (Å²) in [6.45, 7) is 7.31. The SMILES string of the molecule is C=CC(=O)NCCCCOc1cc(OCCCCCCCC)ccc1C(=O)c1ccccc1. The number of hydrogen-bond donors (Lipinski definition) is 1. The highest BCUT2D eigenvalue weighted by atomic mass is 16.5. The fourth-order valence-electron chi connectivity index (χ4n) is 3.41. The second kappa shape index (κ2) is 15.7. The van der Waals surface area contributed by atoms with Gasteiger partial charge in [0.2, 0.25) is 5.91 Å². The first-order valence-electron chi connectivity index (χ1n) is 12.1. The molecule has 0 atom stereocenters. The van der Waals surface area contributed by atoms with E-state index >= 15 is 0 Å². The summed E-state index contributed by atoms with van der Waals surface area (Å²) in [5.41, 5.74) is 1.14. The molecule has 2 aromatic carbocycles. The summed E-state index contributed by atoms with van der Waals surface area (Å²) in [7, 11) is 0. The molecule has 2 aromatic rings. The van der Waals surface area contributed by atoms with Gasteiger partial charge >= 0.3 is 0 Å². The number of hydrogen-bond acceptors (Lipinski definition) is 4. The molecule has 0 aromatic heterocycles. The summed E-state index contributed by atoms with van der Waals surface area (Å²) in [5, 5.41) is 2.75. The lowest BCUT2D eigenvalue weighted by atomic mass is 10.0. The van der Waals surface area contributed by atoms with Gasteiger partial charge in [0.05, 0.1) is 18.8 Å². The molecule has 0 aliphatic carbocycles. The van der Waals surface area contributed by atoms with Gasteiger partial charge in [-0.1, -0.05) is 75.9 Å². The van der Waals surface area contributed by atoms with E-state index in [9.17, 15) is 9.59 Å². The average molecular weight is 452 g/mol. The lowest BCUT2D eigenvalue weighted by Crippen LogP contribution is -2.22. The van der Waals surface area contributed by atoms with Crippen LogP contribution in [0.1, 0.15) is 74.2 Å². The zero-order valence-corrected chi connectivity index (χ0v) is 19.8. The molecule has 1 amide bonds. The Balaban J connectivity index is 1.95. The molecular weight excluding hydrogens is 414 g/mol. The minimum Gasteiger partial charge on any atom is -0.493 e. The van der Waals surface area contributed by atoms with Crippen molar-refractivity contribution in [2.24, 2.45) is 0 Å². The van der Waals surface area contributed by atoms with Gasteiger partial charge < -0.3 is 14.8 Å². The first-order valence-corrected chi connectivity index (χ1v) is 12.1.